The zero-order chi connectivity index (χ0) is 23.7. The van der Waals surface area contributed by atoms with Gasteiger partial charge < -0.3 is 9.47 Å². The van der Waals surface area contributed by atoms with E-state index in [2.05, 4.69) is 97.0 Å². The smallest absolute Gasteiger partial charge is 0.253 e. The SMILES string of the molecule is Cc1ccccc1CN1CCN(C(=O)c2ccc3c(c2)c(C)c(C)n3Cc2ccccc2)CC1. The van der Waals surface area contributed by atoms with E-state index in [1.54, 1.807) is 0 Å². The van der Waals surface area contributed by atoms with E-state index in [1.807, 2.05) is 11.0 Å². The summed E-state index contributed by atoms with van der Waals surface area (Å²) in [5.41, 5.74) is 8.49. The molecule has 1 aliphatic heterocycles. The Kier molecular flexibility index (Phi) is 6.25. The van der Waals surface area contributed by atoms with Crippen LogP contribution in [0.1, 0.15) is 38.3 Å². The van der Waals surface area contributed by atoms with E-state index in [9.17, 15) is 4.79 Å². The van der Waals surface area contributed by atoms with Crippen LogP contribution in [0.15, 0.2) is 72.8 Å². The third-order valence-electron chi connectivity index (χ3n) is 7.38. The van der Waals surface area contributed by atoms with Crippen LogP contribution in [0.4, 0.5) is 0 Å². The maximum absolute atomic E-state index is 13.4. The van der Waals surface area contributed by atoms with Gasteiger partial charge in [-0.1, -0.05) is 54.6 Å². The molecule has 4 nitrogen and oxygen atoms in total. The predicted molar refractivity (Wildman–Crippen MR) is 139 cm³/mol. The number of aryl methyl sites for hydroxylation is 2. The molecule has 5 rings (SSSR count). The lowest BCUT2D eigenvalue weighted by molar-refractivity contribution is 0.0628. The van der Waals surface area contributed by atoms with Gasteiger partial charge in [-0.2, -0.15) is 0 Å². The number of fused-ring (bicyclic) bond motifs is 1. The van der Waals surface area contributed by atoms with Gasteiger partial charge in [0.15, 0.2) is 0 Å². The van der Waals surface area contributed by atoms with E-state index in [-0.39, 0.29) is 5.91 Å². The zero-order valence-corrected chi connectivity index (χ0v) is 20.4. The first-order valence-corrected chi connectivity index (χ1v) is 12.2. The summed E-state index contributed by atoms with van der Waals surface area (Å²) in [7, 11) is 0. The van der Waals surface area contributed by atoms with Crippen molar-refractivity contribution in [2.75, 3.05) is 26.2 Å². The molecular formula is C30H33N3O. The first-order chi connectivity index (χ1) is 16.5. The van der Waals surface area contributed by atoms with Gasteiger partial charge in [-0.15, -0.1) is 0 Å². The van der Waals surface area contributed by atoms with Gasteiger partial charge in [0.25, 0.3) is 5.91 Å². The Bertz CT molecular complexity index is 1310. The van der Waals surface area contributed by atoms with E-state index in [0.29, 0.717) is 0 Å². The van der Waals surface area contributed by atoms with Crippen molar-refractivity contribution in [3.63, 3.8) is 0 Å². The molecule has 1 amide bonds. The monoisotopic (exact) mass is 451 g/mol. The molecule has 0 aliphatic carbocycles. The second kappa shape index (κ2) is 9.47. The van der Waals surface area contributed by atoms with Crippen LogP contribution in [0.3, 0.4) is 0 Å². The second-order valence-corrected chi connectivity index (χ2v) is 9.51. The van der Waals surface area contributed by atoms with Crippen molar-refractivity contribution in [3.05, 3.63) is 106 Å². The van der Waals surface area contributed by atoms with E-state index < -0.39 is 0 Å². The van der Waals surface area contributed by atoms with Crippen LogP contribution in [0.2, 0.25) is 0 Å². The molecule has 3 aromatic carbocycles. The van der Waals surface area contributed by atoms with Crippen LogP contribution < -0.4 is 0 Å². The number of carbonyl (C=O) groups excluding carboxylic acids is 1. The lowest BCUT2D eigenvalue weighted by Gasteiger charge is -2.35. The average molecular weight is 452 g/mol. The van der Waals surface area contributed by atoms with Crippen molar-refractivity contribution in [2.24, 2.45) is 0 Å². The molecular weight excluding hydrogens is 418 g/mol. The molecule has 0 saturated carbocycles. The number of benzene rings is 3. The topological polar surface area (TPSA) is 28.5 Å². The van der Waals surface area contributed by atoms with Crippen LogP contribution in [0.25, 0.3) is 10.9 Å². The van der Waals surface area contributed by atoms with Crippen LogP contribution in [-0.4, -0.2) is 46.5 Å². The fourth-order valence-corrected chi connectivity index (χ4v) is 5.07. The third kappa shape index (κ3) is 4.38. The Hall–Kier alpha value is -3.37. The molecule has 0 spiro atoms. The van der Waals surface area contributed by atoms with Gasteiger partial charge in [0, 0.05) is 61.4 Å². The molecule has 0 radical (unpaired) electrons. The number of amides is 1. The van der Waals surface area contributed by atoms with Crippen LogP contribution in [-0.2, 0) is 13.1 Å². The van der Waals surface area contributed by atoms with E-state index in [0.717, 1.165) is 44.8 Å². The lowest BCUT2D eigenvalue weighted by atomic mass is 10.1. The fourth-order valence-electron chi connectivity index (χ4n) is 5.07. The van der Waals surface area contributed by atoms with Crippen molar-refractivity contribution >= 4 is 16.8 Å². The Morgan fingerprint density at radius 3 is 2.24 bits per heavy atom. The summed E-state index contributed by atoms with van der Waals surface area (Å²) in [6.45, 7) is 11.7. The molecule has 1 saturated heterocycles. The molecule has 4 aromatic rings. The average Bonchev–Trinajstić information content (AvgIpc) is 3.10. The molecule has 0 atom stereocenters. The molecule has 4 heteroatoms. The van der Waals surface area contributed by atoms with E-state index in [4.69, 9.17) is 0 Å². The maximum Gasteiger partial charge on any atom is 0.253 e. The molecule has 1 fully saturated rings. The van der Waals surface area contributed by atoms with Crippen molar-refractivity contribution in [1.82, 2.24) is 14.4 Å². The largest absolute Gasteiger partial charge is 0.340 e. The zero-order valence-electron chi connectivity index (χ0n) is 20.4. The van der Waals surface area contributed by atoms with E-state index in [1.165, 1.54) is 38.9 Å². The van der Waals surface area contributed by atoms with Crippen LogP contribution >= 0.6 is 0 Å². The molecule has 0 N–H and O–H groups in total. The summed E-state index contributed by atoms with van der Waals surface area (Å²) in [6, 6.07) is 25.3. The minimum absolute atomic E-state index is 0.144. The highest BCUT2D eigenvalue weighted by molar-refractivity contribution is 5.99. The summed E-state index contributed by atoms with van der Waals surface area (Å²) in [4.78, 5) is 17.8. The van der Waals surface area contributed by atoms with Crippen molar-refractivity contribution in [3.8, 4) is 0 Å². The van der Waals surface area contributed by atoms with Gasteiger partial charge in [0.2, 0.25) is 0 Å². The predicted octanol–water partition coefficient (Wildman–Crippen LogP) is 5.57. The van der Waals surface area contributed by atoms with Crippen molar-refractivity contribution < 1.29 is 4.79 Å². The Morgan fingerprint density at radius 1 is 0.794 bits per heavy atom. The van der Waals surface area contributed by atoms with Crippen molar-refractivity contribution in [1.29, 1.82) is 0 Å². The molecule has 34 heavy (non-hydrogen) atoms. The minimum Gasteiger partial charge on any atom is -0.340 e. The fraction of sp³-hybridized carbons (Fsp3) is 0.300. The summed E-state index contributed by atoms with van der Waals surface area (Å²) < 4.78 is 2.36. The molecule has 1 aromatic heterocycles. The number of hydrogen-bond acceptors (Lipinski definition) is 2. The number of aromatic nitrogens is 1. The minimum atomic E-state index is 0.144. The molecule has 1 aliphatic rings. The van der Waals surface area contributed by atoms with Gasteiger partial charge in [-0.25, -0.2) is 0 Å². The molecule has 0 bridgehead atoms. The maximum atomic E-state index is 13.4. The van der Waals surface area contributed by atoms with Gasteiger partial charge in [-0.05, 0) is 61.2 Å². The Balaban J connectivity index is 1.30. The first-order valence-electron chi connectivity index (χ1n) is 12.2. The molecule has 0 unspecified atom stereocenters. The van der Waals surface area contributed by atoms with E-state index >= 15 is 0 Å². The van der Waals surface area contributed by atoms with Gasteiger partial charge in [-0.3, -0.25) is 9.69 Å². The number of nitrogens with zero attached hydrogens (tertiary/aromatic N) is 3. The standard InChI is InChI=1S/C30H33N3O/c1-22-9-7-8-12-27(22)21-31-15-17-32(18-16-31)30(34)26-13-14-29-28(19-26)23(2)24(3)33(29)20-25-10-5-4-6-11-25/h4-14,19H,15-18,20-21H2,1-3H3. The van der Waals surface area contributed by atoms with Crippen molar-refractivity contribution in [2.45, 2.75) is 33.9 Å². The van der Waals surface area contributed by atoms with Crippen LogP contribution in [0.5, 0.6) is 0 Å². The lowest BCUT2D eigenvalue weighted by Crippen LogP contribution is -2.48. The Morgan fingerprint density at radius 2 is 1.50 bits per heavy atom. The second-order valence-electron chi connectivity index (χ2n) is 9.51. The number of carbonyl (C=O) groups is 1. The summed E-state index contributed by atoms with van der Waals surface area (Å²) in [5.74, 6) is 0.144. The summed E-state index contributed by atoms with van der Waals surface area (Å²) in [5, 5.41) is 1.18. The molecule has 174 valence electrons. The number of rotatable bonds is 5. The quantitative estimate of drug-likeness (QED) is 0.397. The van der Waals surface area contributed by atoms with Gasteiger partial charge >= 0.3 is 0 Å². The highest BCUT2D eigenvalue weighted by Gasteiger charge is 2.23. The summed E-state index contributed by atoms with van der Waals surface area (Å²) >= 11 is 0. The summed E-state index contributed by atoms with van der Waals surface area (Å²) in [6.07, 6.45) is 0. The third-order valence-corrected chi connectivity index (χ3v) is 7.38. The number of piperazine rings is 1. The number of hydrogen-bond donors (Lipinski definition) is 0. The van der Waals surface area contributed by atoms with Gasteiger partial charge in [0.05, 0.1) is 0 Å². The van der Waals surface area contributed by atoms with Gasteiger partial charge in [0.1, 0.15) is 0 Å². The normalized spacial score (nSPS) is 14.6. The van der Waals surface area contributed by atoms with Crippen LogP contribution in [0, 0.1) is 20.8 Å². The highest BCUT2D eigenvalue weighted by atomic mass is 16.2. The highest BCUT2D eigenvalue weighted by Crippen LogP contribution is 2.28. The molecule has 2 heterocycles. The first kappa shape index (κ1) is 22.4. The Labute approximate surface area is 202 Å².